The van der Waals surface area contributed by atoms with Crippen molar-refractivity contribution in [1.82, 2.24) is 0 Å². The molecule has 0 aromatic heterocycles. The molecule has 3 fully saturated rings. The van der Waals surface area contributed by atoms with Gasteiger partial charge in [0.05, 0.1) is 37.9 Å². The molecule has 0 aromatic carbocycles. The van der Waals surface area contributed by atoms with Crippen LogP contribution in [0.1, 0.15) is 0 Å². The van der Waals surface area contributed by atoms with E-state index in [4.69, 9.17) is 62.1 Å². The fourth-order valence-corrected chi connectivity index (χ4v) is 3.35. The normalized spacial score (nSPS) is 49.2. The van der Waals surface area contributed by atoms with Crippen LogP contribution in [0.15, 0.2) is 0 Å². The molecule has 3 saturated heterocycles. The Labute approximate surface area is 205 Å². The predicted molar refractivity (Wildman–Crippen MR) is 114 cm³/mol. The molecule has 216 valence electrons. The Kier molecular flexibility index (Phi) is 13.9. The molecule has 0 amide bonds. The van der Waals surface area contributed by atoms with Gasteiger partial charge in [-0.05, 0) is 0 Å². The zero-order valence-electron chi connectivity index (χ0n) is 19.1. The van der Waals surface area contributed by atoms with Crippen LogP contribution in [0.25, 0.3) is 0 Å². The highest BCUT2D eigenvalue weighted by atomic mass is 16.6. The Bertz CT molecular complexity index is 531. The smallest absolute Gasteiger partial charge is 0.173 e. The Morgan fingerprint density at radius 3 is 0.750 bits per heavy atom. The first-order chi connectivity index (χ1) is 16.7. The molecular weight excluding hydrogens is 498 g/mol. The zero-order valence-corrected chi connectivity index (χ0v) is 19.1. The maximum atomic E-state index is 9.20. The molecule has 18 heteroatoms. The number of aliphatic hydroxyl groups excluding tert-OH is 12. The molecule has 3 aliphatic rings. The average Bonchev–Trinajstić information content (AvgIpc) is 2.87. The molecule has 0 unspecified atom stereocenters. The summed E-state index contributed by atoms with van der Waals surface area (Å²) in [6.45, 7) is -1.41. The Morgan fingerprint density at radius 1 is 0.389 bits per heavy atom. The summed E-state index contributed by atoms with van der Waals surface area (Å²) < 4.78 is 14.1. The van der Waals surface area contributed by atoms with Gasteiger partial charge in [-0.1, -0.05) is 0 Å². The van der Waals surface area contributed by atoms with Crippen LogP contribution in [-0.2, 0) is 14.2 Å². The van der Waals surface area contributed by atoms with Crippen LogP contribution < -0.4 is 17.2 Å². The molecule has 36 heavy (non-hydrogen) atoms. The molecular formula is C18H39N3O15. The predicted octanol–water partition coefficient (Wildman–Crippen LogP) is -9.77. The third-order valence-corrected chi connectivity index (χ3v) is 5.85. The number of ether oxygens (including phenoxy) is 3. The molecule has 18 nitrogen and oxygen atoms in total. The molecule has 0 spiro atoms. The summed E-state index contributed by atoms with van der Waals surface area (Å²) in [6.07, 6.45) is -14.6. The van der Waals surface area contributed by atoms with E-state index in [1.165, 1.54) is 0 Å². The van der Waals surface area contributed by atoms with E-state index in [2.05, 4.69) is 0 Å². The average molecular weight is 538 g/mol. The van der Waals surface area contributed by atoms with E-state index < -0.39 is 112 Å². The molecule has 0 radical (unpaired) electrons. The SMILES string of the molecule is N[C@@H]1[C@@H](O)[C@H](O)[C@@H](CO)O[C@H]1O.N[C@@H]1[C@@H](O)[C@H](O)[C@@H](CO)O[C@H]1O.N[C@@H]1[C@@H](O)[C@H](O)[C@@H](CO)O[C@H]1O. The molecule has 3 heterocycles. The van der Waals surface area contributed by atoms with Crippen LogP contribution in [0.4, 0.5) is 0 Å². The lowest BCUT2D eigenvalue weighted by Crippen LogP contribution is -2.61. The molecule has 3 aliphatic heterocycles. The third kappa shape index (κ3) is 8.14. The van der Waals surface area contributed by atoms with Crippen LogP contribution in [0.2, 0.25) is 0 Å². The maximum absolute atomic E-state index is 9.20. The summed E-state index contributed by atoms with van der Waals surface area (Å²) in [5.74, 6) is 0. The van der Waals surface area contributed by atoms with Crippen LogP contribution in [0, 0.1) is 0 Å². The van der Waals surface area contributed by atoms with Crippen molar-refractivity contribution in [3.05, 3.63) is 0 Å². The van der Waals surface area contributed by atoms with Gasteiger partial charge in [-0.3, -0.25) is 0 Å². The second kappa shape index (κ2) is 15.0. The second-order valence-electron chi connectivity index (χ2n) is 8.42. The zero-order chi connectivity index (χ0) is 27.9. The van der Waals surface area contributed by atoms with Gasteiger partial charge in [0, 0.05) is 0 Å². The van der Waals surface area contributed by atoms with E-state index in [0.29, 0.717) is 0 Å². The van der Waals surface area contributed by atoms with Crippen molar-refractivity contribution in [2.24, 2.45) is 17.2 Å². The van der Waals surface area contributed by atoms with Crippen LogP contribution in [0.5, 0.6) is 0 Å². The lowest BCUT2D eigenvalue weighted by molar-refractivity contribution is -0.248. The highest BCUT2D eigenvalue weighted by Crippen LogP contribution is 2.19. The van der Waals surface area contributed by atoms with Gasteiger partial charge in [0.15, 0.2) is 18.9 Å². The summed E-state index contributed by atoms with van der Waals surface area (Å²) in [7, 11) is 0. The van der Waals surface area contributed by atoms with Crippen LogP contribution >= 0.6 is 0 Å². The van der Waals surface area contributed by atoms with Gasteiger partial charge in [-0.2, -0.15) is 0 Å². The largest absolute Gasteiger partial charge is 0.394 e. The number of aliphatic hydroxyl groups is 12. The Balaban J connectivity index is 0.000000270. The monoisotopic (exact) mass is 537 g/mol. The standard InChI is InChI=1S/3C6H13NO5/c3*7-3-5(10)4(9)2(1-8)12-6(3)11/h3*2-6,8-11H,1,7H2/t3*2-,3-,4-,5-,6-/m111/s1. The minimum atomic E-state index is -1.35. The van der Waals surface area contributed by atoms with Gasteiger partial charge in [-0.15, -0.1) is 0 Å². The Morgan fingerprint density at radius 2 is 0.583 bits per heavy atom. The molecule has 3 rings (SSSR count). The maximum Gasteiger partial charge on any atom is 0.173 e. The highest BCUT2D eigenvalue weighted by Gasteiger charge is 2.43. The highest BCUT2D eigenvalue weighted by molar-refractivity contribution is 4.92. The number of hydrogen-bond donors (Lipinski definition) is 15. The topological polar surface area (TPSA) is 349 Å². The van der Waals surface area contributed by atoms with Crippen LogP contribution in [-0.4, -0.2) is 173 Å². The summed E-state index contributed by atoms with van der Waals surface area (Å²) in [4.78, 5) is 0. The lowest BCUT2D eigenvalue weighted by Gasteiger charge is -2.38. The molecule has 0 saturated carbocycles. The van der Waals surface area contributed by atoms with Gasteiger partial charge < -0.3 is 92.7 Å². The first-order valence-corrected chi connectivity index (χ1v) is 10.9. The van der Waals surface area contributed by atoms with E-state index in [0.717, 1.165) is 0 Å². The van der Waals surface area contributed by atoms with Crippen molar-refractivity contribution < 1.29 is 75.5 Å². The molecule has 18 N–H and O–H groups in total. The van der Waals surface area contributed by atoms with Gasteiger partial charge in [0.1, 0.15) is 54.9 Å². The molecule has 15 atom stereocenters. The van der Waals surface area contributed by atoms with E-state index in [9.17, 15) is 30.6 Å². The first kappa shape index (κ1) is 33.3. The molecule has 0 bridgehead atoms. The number of rotatable bonds is 3. The Hall–Kier alpha value is -0.720. The van der Waals surface area contributed by atoms with E-state index >= 15 is 0 Å². The van der Waals surface area contributed by atoms with Crippen molar-refractivity contribution in [3.63, 3.8) is 0 Å². The van der Waals surface area contributed by atoms with Gasteiger partial charge >= 0.3 is 0 Å². The van der Waals surface area contributed by atoms with Crippen molar-refractivity contribution in [1.29, 1.82) is 0 Å². The lowest BCUT2D eigenvalue weighted by atomic mass is 9.98. The number of hydrogen-bond acceptors (Lipinski definition) is 18. The molecule has 0 aliphatic carbocycles. The van der Waals surface area contributed by atoms with Crippen molar-refractivity contribution in [3.8, 4) is 0 Å². The second-order valence-corrected chi connectivity index (χ2v) is 8.42. The van der Waals surface area contributed by atoms with Gasteiger partial charge in [0.2, 0.25) is 0 Å². The minimum absolute atomic E-state index is 0.470. The summed E-state index contributed by atoms with van der Waals surface area (Å²) in [5.41, 5.74) is 15.8. The van der Waals surface area contributed by atoms with Crippen molar-refractivity contribution in [2.45, 2.75) is 91.9 Å². The molecule has 0 aromatic rings. The van der Waals surface area contributed by atoms with E-state index in [-0.39, 0.29) is 0 Å². The summed E-state index contributed by atoms with van der Waals surface area (Å²) >= 11 is 0. The fraction of sp³-hybridized carbons (Fsp3) is 1.00. The quantitative estimate of drug-likeness (QED) is 0.159. The van der Waals surface area contributed by atoms with E-state index in [1.807, 2.05) is 0 Å². The fourth-order valence-electron chi connectivity index (χ4n) is 3.35. The minimum Gasteiger partial charge on any atom is -0.394 e. The first-order valence-electron chi connectivity index (χ1n) is 10.9. The van der Waals surface area contributed by atoms with Crippen molar-refractivity contribution in [2.75, 3.05) is 19.8 Å². The van der Waals surface area contributed by atoms with E-state index in [1.54, 1.807) is 0 Å². The summed E-state index contributed by atoms with van der Waals surface area (Å²) in [6, 6.07) is -3.12. The summed E-state index contributed by atoms with van der Waals surface area (Å²) in [5, 5.41) is 108. The third-order valence-electron chi connectivity index (χ3n) is 5.85. The van der Waals surface area contributed by atoms with Gasteiger partial charge in [-0.25, -0.2) is 0 Å². The van der Waals surface area contributed by atoms with Crippen LogP contribution in [0.3, 0.4) is 0 Å². The van der Waals surface area contributed by atoms with Crippen molar-refractivity contribution >= 4 is 0 Å². The number of nitrogens with two attached hydrogens (primary N) is 3. The van der Waals surface area contributed by atoms with Gasteiger partial charge in [0.25, 0.3) is 0 Å².